The molecule has 0 heterocycles. The second kappa shape index (κ2) is 9.65. The predicted octanol–water partition coefficient (Wildman–Crippen LogP) is 4.89. The summed E-state index contributed by atoms with van der Waals surface area (Å²) in [5, 5.41) is 8.71. The van der Waals surface area contributed by atoms with Crippen molar-refractivity contribution in [1.82, 2.24) is 0 Å². The summed E-state index contributed by atoms with van der Waals surface area (Å²) in [7, 11) is 0. The van der Waals surface area contributed by atoms with E-state index in [0.29, 0.717) is 5.57 Å². The standard InChI is InChI=1S/C17H24O2S/c1-14(17(18)19)8-6-4-2-3-5-7-9-15-10-12-16(20)13-11-15/h8,10-13,20H,2-7,9H2,1H3,(H,18,19)/b14-8+. The zero-order chi connectivity index (χ0) is 14.8. The second-order valence-corrected chi connectivity index (χ2v) is 5.68. The van der Waals surface area contributed by atoms with Gasteiger partial charge in [0.05, 0.1) is 0 Å². The molecular weight excluding hydrogens is 268 g/mol. The van der Waals surface area contributed by atoms with Crippen LogP contribution >= 0.6 is 12.6 Å². The number of hydrogen-bond acceptors (Lipinski definition) is 2. The van der Waals surface area contributed by atoms with E-state index in [9.17, 15) is 4.79 Å². The number of rotatable bonds is 9. The van der Waals surface area contributed by atoms with Gasteiger partial charge < -0.3 is 5.11 Å². The van der Waals surface area contributed by atoms with Crippen LogP contribution in [-0.2, 0) is 11.2 Å². The van der Waals surface area contributed by atoms with Gasteiger partial charge in [-0.3, -0.25) is 0 Å². The van der Waals surface area contributed by atoms with Crippen molar-refractivity contribution in [2.75, 3.05) is 0 Å². The van der Waals surface area contributed by atoms with Gasteiger partial charge in [0, 0.05) is 10.5 Å². The number of aryl methyl sites for hydroxylation is 1. The summed E-state index contributed by atoms with van der Waals surface area (Å²) in [6, 6.07) is 8.36. The smallest absolute Gasteiger partial charge is 0.330 e. The average Bonchev–Trinajstić information content (AvgIpc) is 2.43. The molecule has 1 aromatic rings. The molecule has 0 radical (unpaired) electrons. The van der Waals surface area contributed by atoms with E-state index in [1.807, 2.05) is 18.2 Å². The van der Waals surface area contributed by atoms with Crippen molar-refractivity contribution in [3.8, 4) is 0 Å². The summed E-state index contributed by atoms with van der Waals surface area (Å²) < 4.78 is 0. The molecule has 1 aromatic carbocycles. The number of unbranched alkanes of at least 4 members (excludes halogenated alkanes) is 5. The number of hydrogen-bond donors (Lipinski definition) is 2. The van der Waals surface area contributed by atoms with Gasteiger partial charge >= 0.3 is 5.97 Å². The molecule has 0 bridgehead atoms. The Bertz CT molecular complexity index is 435. The van der Waals surface area contributed by atoms with E-state index >= 15 is 0 Å². The second-order valence-electron chi connectivity index (χ2n) is 5.17. The van der Waals surface area contributed by atoms with Crippen molar-refractivity contribution in [2.45, 2.75) is 56.8 Å². The maximum atomic E-state index is 10.6. The SMILES string of the molecule is C/C(=C\CCCCCCCc1ccc(S)cc1)C(=O)O. The number of allylic oxidation sites excluding steroid dienone is 1. The Balaban J connectivity index is 2.01. The summed E-state index contributed by atoms with van der Waals surface area (Å²) in [6.07, 6.45) is 9.78. The van der Waals surface area contributed by atoms with E-state index < -0.39 is 5.97 Å². The van der Waals surface area contributed by atoms with E-state index in [-0.39, 0.29) is 0 Å². The van der Waals surface area contributed by atoms with Crippen LogP contribution in [0.15, 0.2) is 40.8 Å². The van der Waals surface area contributed by atoms with E-state index in [1.165, 1.54) is 31.2 Å². The molecule has 0 unspecified atom stereocenters. The van der Waals surface area contributed by atoms with Gasteiger partial charge in [0.1, 0.15) is 0 Å². The van der Waals surface area contributed by atoms with Gasteiger partial charge in [0.2, 0.25) is 0 Å². The van der Waals surface area contributed by atoms with E-state index in [1.54, 1.807) is 6.92 Å². The lowest BCUT2D eigenvalue weighted by atomic mass is 10.0. The maximum absolute atomic E-state index is 10.6. The van der Waals surface area contributed by atoms with Crippen molar-refractivity contribution in [1.29, 1.82) is 0 Å². The van der Waals surface area contributed by atoms with Crippen LogP contribution in [0, 0.1) is 0 Å². The topological polar surface area (TPSA) is 37.3 Å². The minimum Gasteiger partial charge on any atom is -0.478 e. The molecule has 0 saturated carbocycles. The highest BCUT2D eigenvalue weighted by Crippen LogP contribution is 2.13. The van der Waals surface area contributed by atoms with Crippen molar-refractivity contribution < 1.29 is 9.90 Å². The summed E-state index contributed by atoms with van der Waals surface area (Å²) >= 11 is 4.27. The third-order valence-corrected chi connectivity index (χ3v) is 3.69. The minimum atomic E-state index is -0.808. The molecule has 0 spiro atoms. The fraction of sp³-hybridized carbons (Fsp3) is 0.471. The van der Waals surface area contributed by atoms with Gasteiger partial charge in [0.25, 0.3) is 0 Å². The largest absolute Gasteiger partial charge is 0.478 e. The lowest BCUT2D eigenvalue weighted by Crippen LogP contribution is -1.95. The molecule has 0 aromatic heterocycles. The molecule has 0 aliphatic rings. The lowest BCUT2D eigenvalue weighted by Gasteiger charge is -2.02. The molecule has 0 amide bonds. The molecule has 3 heteroatoms. The van der Waals surface area contributed by atoms with Gasteiger partial charge in [-0.05, 0) is 50.3 Å². The Kier molecular flexibility index (Phi) is 8.12. The Morgan fingerprint density at radius 2 is 1.70 bits per heavy atom. The predicted molar refractivity (Wildman–Crippen MR) is 86.5 cm³/mol. The normalized spacial score (nSPS) is 11.6. The first kappa shape index (κ1) is 16.8. The first-order valence-corrected chi connectivity index (χ1v) is 7.72. The number of aliphatic carboxylic acids is 1. The lowest BCUT2D eigenvalue weighted by molar-refractivity contribution is -0.132. The van der Waals surface area contributed by atoms with Crippen molar-refractivity contribution in [3.63, 3.8) is 0 Å². The summed E-state index contributed by atoms with van der Waals surface area (Å²) in [6.45, 7) is 1.65. The Morgan fingerprint density at radius 3 is 2.35 bits per heavy atom. The maximum Gasteiger partial charge on any atom is 0.330 e. The van der Waals surface area contributed by atoms with Gasteiger partial charge in [-0.2, -0.15) is 0 Å². The van der Waals surface area contributed by atoms with Crippen molar-refractivity contribution >= 4 is 18.6 Å². The van der Waals surface area contributed by atoms with Crippen LogP contribution in [0.1, 0.15) is 51.0 Å². The fourth-order valence-electron chi connectivity index (χ4n) is 2.07. The molecule has 0 aliphatic carbocycles. The van der Waals surface area contributed by atoms with Crippen molar-refractivity contribution in [2.24, 2.45) is 0 Å². The highest BCUT2D eigenvalue weighted by molar-refractivity contribution is 7.80. The van der Waals surface area contributed by atoms with E-state index in [0.717, 1.165) is 24.2 Å². The molecule has 0 saturated heterocycles. The molecule has 2 nitrogen and oxygen atoms in total. The fourth-order valence-corrected chi connectivity index (χ4v) is 2.22. The van der Waals surface area contributed by atoms with Gasteiger partial charge in [-0.15, -0.1) is 12.6 Å². The number of carboxylic acid groups (broad SMARTS) is 1. The first-order chi connectivity index (χ1) is 9.59. The van der Waals surface area contributed by atoms with Gasteiger partial charge in [0.15, 0.2) is 0 Å². The van der Waals surface area contributed by atoms with Crippen LogP contribution in [0.4, 0.5) is 0 Å². The number of benzene rings is 1. The quantitative estimate of drug-likeness (QED) is 0.386. The van der Waals surface area contributed by atoms with E-state index in [2.05, 4.69) is 24.8 Å². The van der Waals surface area contributed by atoms with Crippen LogP contribution in [0.3, 0.4) is 0 Å². The van der Waals surface area contributed by atoms with Crippen LogP contribution in [0.5, 0.6) is 0 Å². The number of carbonyl (C=O) groups is 1. The molecule has 0 aliphatic heterocycles. The molecule has 0 fully saturated rings. The highest BCUT2D eigenvalue weighted by atomic mass is 32.1. The molecule has 110 valence electrons. The molecule has 1 N–H and O–H groups in total. The number of thiol groups is 1. The first-order valence-electron chi connectivity index (χ1n) is 7.27. The Hall–Kier alpha value is -1.22. The zero-order valence-corrected chi connectivity index (χ0v) is 13.0. The number of carboxylic acids is 1. The van der Waals surface area contributed by atoms with Gasteiger partial charge in [-0.1, -0.05) is 37.5 Å². The van der Waals surface area contributed by atoms with Crippen LogP contribution in [0.25, 0.3) is 0 Å². The summed E-state index contributed by atoms with van der Waals surface area (Å²) in [5.74, 6) is -0.808. The van der Waals surface area contributed by atoms with Crippen molar-refractivity contribution in [3.05, 3.63) is 41.5 Å². The third kappa shape index (κ3) is 7.39. The molecule has 0 atom stereocenters. The third-order valence-electron chi connectivity index (χ3n) is 3.39. The van der Waals surface area contributed by atoms with Crippen LogP contribution < -0.4 is 0 Å². The summed E-state index contributed by atoms with van der Waals surface area (Å²) in [4.78, 5) is 11.6. The van der Waals surface area contributed by atoms with E-state index in [4.69, 9.17) is 5.11 Å². The highest BCUT2D eigenvalue weighted by Gasteiger charge is 1.98. The monoisotopic (exact) mass is 292 g/mol. The van der Waals surface area contributed by atoms with Crippen LogP contribution in [0.2, 0.25) is 0 Å². The molecular formula is C17H24O2S. The minimum absolute atomic E-state index is 0.456. The average molecular weight is 292 g/mol. The molecule has 1 rings (SSSR count). The molecule has 20 heavy (non-hydrogen) atoms. The van der Waals surface area contributed by atoms with Gasteiger partial charge in [-0.25, -0.2) is 4.79 Å². The Morgan fingerprint density at radius 1 is 1.10 bits per heavy atom. The van der Waals surface area contributed by atoms with Crippen LogP contribution in [-0.4, -0.2) is 11.1 Å². The Labute approximate surface area is 127 Å². The summed E-state index contributed by atoms with van der Waals surface area (Å²) in [5.41, 5.74) is 1.83. The zero-order valence-electron chi connectivity index (χ0n) is 12.1.